The van der Waals surface area contributed by atoms with E-state index in [1.54, 1.807) is 36.5 Å². The number of pyridine rings is 1. The van der Waals surface area contributed by atoms with Crippen LogP contribution < -0.4 is 10.6 Å². The summed E-state index contributed by atoms with van der Waals surface area (Å²) in [4.78, 5) is 19.6. The van der Waals surface area contributed by atoms with Gasteiger partial charge >= 0.3 is 6.03 Å². The van der Waals surface area contributed by atoms with Gasteiger partial charge in [0.05, 0.1) is 0 Å². The number of carbonyl (C=O) groups is 1. The second-order valence-electron chi connectivity index (χ2n) is 6.42. The zero-order valence-electron chi connectivity index (χ0n) is 14.8. The van der Waals surface area contributed by atoms with E-state index in [4.69, 9.17) is 0 Å². The standard InChI is InChI=1S/C18H18BrN5O3S/c19-12-6-7-14-13(11-12)16(28(26,27)24-9-3-4-10-24)17(21-14)23-18(25)22-15-5-1-2-8-20-15/h1-2,5-8,11,21H,3-4,9-10H2,(H2,20,22,23,25). The molecule has 3 N–H and O–H groups in total. The SMILES string of the molecule is O=C(Nc1ccccn1)Nc1[nH]c2ccc(Br)cc2c1S(=O)(=O)N1CCCC1. The van der Waals surface area contributed by atoms with Crippen LogP contribution >= 0.6 is 15.9 Å². The number of nitrogens with zero attached hydrogens (tertiary/aromatic N) is 2. The summed E-state index contributed by atoms with van der Waals surface area (Å²) in [6, 6.07) is 9.85. The van der Waals surface area contributed by atoms with Crippen LogP contribution in [0.2, 0.25) is 0 Å². The lowest BCUT2D eigenvalue weighted by atomic mass is 10.2. The number of H-pyrrole nitrogens is 1. The first-order valence-corrected chi connectivity index (χ1v) is 11.0. The number of hydrogen-bond acceptors (Lipinski definition) is 4. The van der Waals surface area contributed by atoms with Gasteiger partial charge in [-0.25, -0.2) is 18.2 Å². The zero-order chi connectivity index (χ0) is 19.7. The first-order valence-electron chi connectivity index (χ1n) is 8.75. The van der Waals surface area contributed by atoms with Crippen molar-refractivity contribution in [3.63, 3.8) is 0 Å². The number of rotatable bonds is 4. The fourth-order valence-corrected chi connectivity index (χ4v) is 5.42. The molecule has 1 aliphatic heterocycles. The minimum Gasteiger partial charge on any atom is -0.340 e. The van der Waals surface area contributed by atoms with Crippen LogP contribution in [0.4, 0.5) is 16.4 Å². The number of nitrogens with one attached hydrogen (secondary N) is 3. The quantitative estimate of drug-likeness (QED) is 0.547. The largest absolute Gasteiger partial charge is 0.340 e. The molecule has 146 valence electrons. The van der Waals surface area contributed by atoms with Gasteiger partial charge < -0.3 is 4.98 Å². The molecule has 0 saturated carbocycles. The van der Waals surface area contributed by atoms with E-state index in [-0.39, 0.29) is 10.7 Å². The Balaban J connectivity index is 1.74. The van der Waals surface area contributed by atoms with Crippen LogP contribution in [0, 0.1) is 0 Å². The maximum atomic E-state index is 13.3. The van der Waals surface area contributed by atoms with E-state index in [1.807, 2.05) is 6.07 Å². The molecule has 1 fully saturated rings. The molecule has 1 saturated heterocycles. The highest BCUT2D eigenvalue weighted by Gasteiger charge is 2.33. The Labute approximate surface area is 170 Å². The van der Waals surface area contributed by atoms with Crippen LogP contribution in [-0.4, -0.2) is 41.8 Å². The van der Waals surface area contributed by atoms with Crippen molar-refractivity contribution >= 4 is 54.5 Å². The molecule has 8 nitrogen and oxygen atoms in total. The molecule has 0 unspecified atom stereocenters. The number of fused-ring (bicyclic) bond motifs is 1. The highest BCUT2D eigenvalue weighted by atomic mass is 79.9. The van der Waals surface area contributed by atoms with Crippen molar-refractivity contribution in [2.75, 3.05) is 23.7 Å². The second kappa shape index (κ2) is 7.53. The molecule has 3 heterocycles. The predicted octanol–water partition coefficient (Wildman–Crippen LogP) is 3.75. The van der Waals surface area contributed by atoms with E-state index >= 15 is 0 Å². The maximum Gasteiger partial charge on any atom is 0.325 e. The summed E-state index contributed by atoms with van der Waals surface area (Å²) < 4.78 is 28.8. The number of urea groups is 1. The summed E-state index contributed by atoms with van der Waals surface area (Å²) >= 11 is 3.39. The van der Waals surface area contributed by atoms with E-state index < -0.39 is 16.1 Å². The number of benzene rings is 1. The van der Waals surface area contributed by atoms with Gasteiger partial charge in [0.2, 0.25) is 10.0 Å². The molecule has 0 radical (unpaired) electrons. The predicted molar refractivity (Wildman–Crippen MR) is 111 cm³/mol. The van der Waals surface area contributed by atoms with Crippen molar-refractivity contribution in [1.82, 2.24) is 14.3 Å². The summed E-state index contributed by atoms with van der Waals surface area (Å²) in [5.74, 6) is 0.497. The smallest absolute Gasteiger partial charge is 0.325 e. The molecule has 10 heteroatoms. The van der Waals surface area contributed by atoms with Crippen molar-refractivity contribution in [3.05, 3.63) is 47.1 Å². The lowest BCUT2D eigenvalue weighted by Crippen LogP contribution is -2.29. The van der Waals surface area contributed by atoms with Crippen LogP contribution in [0.15, 0.2) is 52.0 Å². The minimum absolute atomic E-state index is 0.0712. The summed E-state index contributed by atoms with van der Waals surface area (Å²) in [6.07, 6.45) is 3.21. The number of anilines is 2. The van der Waals surface area contributed by atoms with Gasteiger partial charge in [-0.3, -0.25) is 10.6 Å². The Morgan fingerprint density at radius 1 is 1.14 bits per heavy atom. The molecule has 3 aromatic rings. The second-order valence-corrected chi connectivity index (χ2v) is 9.21. The third kappa shape index (κ3) is 3.62. The van der Waals surface area contributed by atoms with Crippen molar-refractivity contribution in [3.8, 4) is 0 Å². The van der Waals surface area contributed by atoms with Crippen LogP contribution in [0.1, 0.15) is 12.8 Å². The Kier molecular flexibility index (Phi) is 5.09. The topological polar surface area (TPSA) is 107 Å². The van der Waals surface area contributed by atoms with E-state index in [1.165, 1.54) is 4.31 Å². The molecule has 28 heavy (non-hydrogen) atoms. The summed E-state index contributed by atoms with van der Waals surface area (Å²) in [5.41, 5.74) is 0.620. The minimum atomic E-state index is -3.76. The fraction of sp³-hybridized carbons (Fsp3) is 0.222. The third-order valence-electron chi connectivity index (χ3n) is 4.52. The molecule has 2 aromatic heterocycles. The molecular weight excluding hydrogens is 446 g/mol. The average molecular weight is 464 g/mol. The van der Waals surface area contributed by atoms with Gasteiger partial charge in [0.25, 0.3) is 0 Å². The van der Waals surface area contributed by atoms with E-state index in [0.717, 1.165) is 17.3 Å². The fourth-order valence-electron chi connectivity index (χ4n) is 3.25. The Bertz CT molecular complexity index is 1120. The molecule has 1 aliphatic rings. The monoisotopic (exact) mass is 463 g/mol. The lowest BCUT2D eigenvalue weighted by Gasteiger charge is -2.16. The van der Waals surface area contributed by atoms with Crippen LogP contribution in [0.3, 0.4) is 0 Å². The van der Waals surface area contributed by atoms with Gasteiger partial charge in [0.1, 0.15) is 16.5 Å². The van der Waals surface area contributed by atoms with Crippen molar-refractivity contribution in [2.45, 2.75) is 17.7 Å². The zero-order valence-corrected chi connectivity index (χ0v) is 17.2. The Hall–Kier alpha value is -2.43. The summed E-state index contributed by atoms with van der Waals surface area (Å²) in [7, 11) is -3.76. The number of amides is 2. The number of hydrogen-bond donors (Lipinski definition) is 3. The van der Waals surface area contributed by atoms with Gasteiger partial charge in [-0.1, -0.05) is 22.0 Å². The van der Waals surface area contributed by atoms with Crippen molar-refractivity contribution in [2.24, 2.45) is 0 Å². The molecule has 0 aliphatic carbocycles. The maximum absolute atomic E-state index is 13.3. The summed E-state index contributed by atoms with van der Waals surface area (Å²) in [6.45, 7) is 0.950. The van der Waals surface area contributed by atoms with Gasteiger partial charge in [0.15, 0.2) is 0 Å². The van der Waals surface area contributed by atoms with Gasteiger partial charge in [-0.05, 0) is 43.2 Å². The number of halogens is 1. The van der Waals surface area contributed by atoms with Gasteiger partial charge in [-0.15, -0.1) is 0 Å². The number of aromatic nitrogens is 2. The normalized spacial score (nSPS) is 15.0. The van der Waals surface area contributed by atoms with E-state index in [0.29, 0.717) is 29.8 Å². The van der Waals surface area contributed by atoms with Crippen LogP contribution in [-0.2, 0) is 10.0 Å². The number of carbonyl (C=O) groups excluding carboxylic acids is 1. The summed E-state index contributed by atoms with van der Waals surface area (Å²) in [5, 5.41) is 5.75. The Morgan fingerprint density at radius 2 is 1.93 bits per heavy atom. The molecule has 0 bridgehead atoms. The van der Waals surface area contributed by atoms with Crippen LogP contribution in [0.5, 0.6) is 0 Å². The van der Waals surface area contributed by atoms with Crippen molar-refractivity contribution < 1.29 is 13.2 Å². The first kappa shape index (κ1) is 18.9. The molecule has 4 rings (SSSR count). The lowest BCUT2D eigenvalue weighted by molar-refractivity contribution is 0.262. The molecule has 1 aromatic carbocycles. The highest BCUT2D eigenvalue weighted by molar-refractivity contribution is 9.10. The van der Waals surface area contributed by atoms with Gasteiger partial charge in [0, 0.05) is 34.7 Å². The molecular formula is C18H18BrN5O3S. The highest BCUT2D eigenvalue weighted by Crippen LogP contribution is 2.35. The molecule has 0 atom stereocenters. The molecule has 2 amide bonds. The number of aromatic amines is 1. The van der Waals surface area contributed by atoms with Crippen molar-refractivity contribution in [1.29, 1.82) is 0 Å². The average Bonchev–Trinajstić information content (AvgIpc) is 3.30. The Morgan fingerprint density at radius 3 is 2.64 bits per heavy atom. The first-order chi connectivity index (χ1) is 13.4. The van der Waals surface area contributed by atoms with E-state index in [2.05, 4.69) is 36.5 Å². The molecule has 0 spiro atoms. The number of sulfonamides is 1. The van der Waals surface area contributed by atoms with Crippen LogP contribution in [0.25, 0.3) is 10.9 Å². The van der Waals surface area contributed by atoms with Gasteiger partial charge in [-0.2, -0.15) is 4.31 Å². The third-order valence-corrected chi connectivity index (χ3v) is 7.00. The van der Waals surface area contributed by atoms with E-state index in [9.17, 15) is 13.2 Å².